The molecule has 0 aliphatic rings. The first-order valence-electron chi connectivity index (χ1n) is 6.62. The number of para-hydroxylation sites is 1. The Morgan fingerprint density at radius 2 is 1.71 bits per heavy atom. The van der Waals surface area contributed by atoms with Crippen molar-refractivity contribution in [1.82, 2.24) is 0 Å². The van der Waals surface area contributed by atoms with Crippen LogP contribution in [0.1, 0.15) is 51.7 Å². The van der Waals surface area contributed by atoms with E-state index in [1.54, 1.807) is 0 Å². The number of benzene rings is 1. The number of aliphatic hydroxyl groups excluding tert-OH is 1. The highest BCUT2D eigenvalue weighted by atomic mass is 16.5. The van der Waals surface area contributed by atoms with Crippen LogP contribution in [-0.2, 0) is 0 Å². The number of aliphatic hydroxyl groups is 1. The molecule has 17 heavy (non-hydrogen) atoms. The third kappa shape index (κ3) is 4.04. The van der Waals surface area contributed by atoms with E-state index in [9.17, 15) is 5.11 Å². The Balaban J connectivity index is 2.70. The average molecular weight is 236 g/mol. The molecule has 0 aliphatic heterocycles. The van der Waals surface area contributed by atoms with Crippen LogP contribution in [-0.4, -0.2) is 11.7 Å². The molecule has 0 unspecified atom stereocenters. The second-order valence-electron chi connectivity index (χ2n) is 4.46. The van der Waals surface area contributed by atoms with Crippen LogP contribution in [0.15, 0.2) is 24.3 Å². The number of hydrogen-bond acceptors (Lipinski definition) is 2. The van der Waals surface area contributed by atoms with E-state index >= 15 is 0 Å². The molecule has 0 bridgehead atoms. The van der Waals surface area contributed by atoms with Crippen LogP contribution in [0.5, 0.6) is 5.75 Å². The van der Waals surface area contributed by atoms with Crippen LogP contribution >= 0.6 is 0 Å². The lowest BCUT2D eigenvalue weighted by atomic mass is 10.0. The molecule has 2 heteroatoms. The van der Waals surface area contributed by atoms with Gasteiger partial charge in [-0.1, -0.05) is 51.8 Å². The molecule has 0 aromatic heterocycles. The molecule has 1 atom stereocenters. The molecule has 1 N–H and O–H groups in total. The van der Waals surface area contributed by atoms with Crippen LogP contribution in [0, 0.1) is 5.92 Å². The Bertz CT molecular complexity index is 318. The fraction of sp³-hybridized carbons (Fsp3) is 0.600. The summed E-state index contributed by atoms with van der Waals surface area (Å²) in [6, 6.07) is 7.78. The highest BCUT2D eigenvalue weighted by molar-refractivity contribution is 5.34. The van der Waals surface area contributed by atoms with E-state index in [0.717, 1.165) is 30.8 Å². The molecular formula is C15H24O2. The zero-order valence-corrected chi connectivity index (χ0v) is 11.1. The maximum absolute atomic E-state index is 9.91. The van der Waals surface area contributed by atoms with E-state index in [0.29, 0.717) is 12.3 Å². The number of ether oxygens (including phenoxy) is 1. The van der Waals surface area contributed by atoms with Crippen molar-refractivity contribution >= 4 is 0 Å². The van der Waals surface area contributed by atoms with E-state index < -0.39 is 6.10 Å². The van der Waals surface area contributed by atoms with Crippen molar-refractivity contribution in [3.63, 3.8) is 0 Å². The first kappa shape index (κ1) is 14.0. The topological polar surface area (TPSA) is 29.5 Å². The molecule has 1 rings (SSSR count). The molecule has 1 aromatic rings. The van der Waals surface area contributed by atoms with Crippen molar-refractivity contribution in [2.24, 2.45) is 5.92 Å². The molecule has 1 aromatic carbocycles. The van der Waals surface area contributed by atoms with E-state index in [2.05, 4.69) is 13.8 Å². The van der Waals surface area contributed by atoms with E-state index in [1.165, 1.54) is 0 Å². The minimum absolute atomic E-state index is 0.423. The van der Waals surface area contributed by atoms with Gasteiger partial charge in [0.15, 0.2) is 0 Å². The van der Waals surface area contributed by atoms with Gasteiger partial charge < -0.3 is 9.84 Å². The molecule has 0 heterocycles. The van der Waals surface area contributed by atoms with Gasteiger partial charge in [0, 0.05) is 5.56 Å². The summed E-state index contributed by atoms with van der Waals surface area (Å²) in [4.78, 5) is 0. The van der Waals surface area contributed by atoms with Crippen LogP contribution in [0.25, 0.3) is 0 Å². The second-order valence-corrected chi connectivity index (χ2v) is 4.46. The van der Waals surface area contributed by atoms with Gasteiger partial charge in [-0.25, -0.2) is 0 Å². The highest BCUT2D eigenvalue weighted by Gasteiger charge is 2.12. The summed E-state index contributed by atoms with van der Waals surface area (Å²) in [5, 5.41) is 9.91. The molecule has 0 radical (unpaired) electrons. The first-order chi connectivity index (χ1) is 8.22. The summed E-state index contributed by atoms with van der Waals surface area (Å²) >= 11 is 0. The molecular weight excluding hydrogens is 212 g/mol. The predicted molar refractivity (Wildman–Crippen MR) is 71.3 cm³/mol. The smallest absolute Gasteiger partial charge is 0.125 e. The zero-order chi connectivity index (χ0) is 12.7. The molecule has 0 fully saturated rings. The van der Waals surface area contributed by atoms with Crippen molar-refractivity contribution in [3.05, 3.63) is 29.8 Å². The highest BCUT2D eigenvalue weighted by Crippen LogP contribution is 2.27. The minimum atomic E-state index is -0.423. The number of hydrogen-bond donors (Lipinski definition) is 1. The minimum Gasteiger partial charge on any atom is -0.493 e. The van der Waals surface area contributed by atoms with Crippen molar-refractivity contribution in [2.75, 3.05) is 6.61 Å². The Morgan fingerprint density at radius 1 is 1.06 bits per heavy atom. The quantitative estimate of drug-likeness (QED) is 0.777. The third-order valence-corrected chi connectivity index (χ3v) is 3.29. The van der Waals surface area contributed by atoms with Gasteiger partial charge in [-0.3, -0.25) is 0 Å². The summed E-state index contributed by atoms with van der Waals surface area (Å²) in [5.41, 5.74) is 0.904. The van der Waals surface area contributed by atoms with Gasteiger partial charge in [-0.15, -0.1) is 0 Å². The molecule has 0 spiro atoms. The molecule has 2 nitrogen and oxygen atoms in total. The molecule has 0 saturated heterocycles. The zero-order valence-electron chi connectivity index (χ0n) is 11.1. The second kappa shape index (κ2) is 7.33. The fourth-order valence-electron chi connectivity index (χ4n) is 1.84. The summed E-state index contributed by atoms with van der Waals surface area (Å²) in [6.45, 7) is 7.08. The third-order valence-electron chi connectivity index (χ3n) is 3.29. The summed E-state index contributed by atoms with van der Waals surface area (Å²) in [7, 11) is 0. The maximum Gasteiger partial charge on any atom is 0.125 e. The lowest BCUT2D eigenvalue weighted by Crippen LogP contribution is -2.11. The van der Waals surface area contributed by atoms with Gasteiger partial charge in [0.05, 0.1) is 12.7 Å². The van der Waals surface area contributed by atoms with Crippen molar-refractivity contribution in [1.29, 1.82) is 0 Å². The standard InChI is InChI=1S/C15H24O2/c1-4-12(5-2)11-17-15-10-8-7-9-13(15)14(16)6-3/h7-10,12,14,16H,4-6,11H2,1-3H3/t14-/m1/s1. The van der Waals surface area contributed by atoms with Gasteiger partial charge in [0.2, 0.25) is 0 Å². The van der Waals surface area contributed by atoms with Gasteiger partial charge in [-0.05, 0) is 18.4 Å². The molecule has 0 aliphatic carbocycles. The predicted octanol–water partition coefficient (Wildman–Crippen LogP) is 3.95. The largest absolute Gasteiger partial charge is 0.493 e. The molecule has 96 valence electrons. The Kier molecular flexibility index (Phi) is 6.06. The Labute approximate surface area is 105 Å². The fourth-order valence-corrected chi connectivity index (χ4v) is 1.84. The van der Waals surface area contributed by atoms with E-state index in [1.807, 2.05) is 31.2 Å². The van der Waals surface area contributed by atoms with Gasteiger partial charge >= 0.3 is 0 Å². The van der Waals surface area contributed by atoms with Crippen molar-refractivity contribution < 1.29 is 9.84 Å². The lowest BCUT2D eigenvalue weighted by Gasteiger charge is -2.18. The maximum atomic E-state index is 9.91. The van der Waals surface area contributed by atoms with Crippen molar-refractivity contribution in [3.8, 4) is 5.75 Å². The SMILES string of the molecule is CCC(CC)COc1ccccc1[C@H](O)CC. The van der Waals surface area contributed by atoms with Crippen LogP contribution in [0.3, 0.4) is 0 Å². The van der Waals surface area contributed by atoms with E-state index in [-0.39, 0.29) is 0 Å². The first-order valence-corrected chi connectivity index (χ1v) is 6.62. The Morgan fingerprint density at radius 3 is 2.29 bits per heavy atom. The Hall–Kier alpha value is -1.02. The van der Waals surface area contributed by atoms with Crippen molar-refractivity contribution in [2.45, 2.75) is 46.1 Å². The summed E-state index contributed by atoms with van der Waals surface area (Å²) < 4.78 is 5.84. The molecule has 0 amide bonds. The average Bonchev–Trinajstić information content (AvgIpc) is 2.39. The van der Waals surface area contributed by atoms with E-state index in [4.69, 9.17) is 4.74 Å². The summed E-state index contributed by atoms with van der Waals surface area (Å²) in [6.07, 6.45) is 2.56. The number of rotatable bonds is 7. The van der Waals surface area contributed by atoms with Crippen LogP contribution < -0.4 is 4.74 Å². The molecule has 0 saturated carbocycles. The normalized spacial score (nSPS) is 12.8. The van der Waals surface area contributed by atoms with Gasteiger partial charge in [0.1, 0.15) is 5.75 Å². The lowest BCUT2D eigenvalue weighted by molar-refractivity contribution is 0.163. The monoisotopic (exact) mass is 236 g/mol. The van der Waals surface area contributed by atoms with Crippen LogP contribution in [0.4, 0.5) is 0 Å². The van der Waals surface area contributed by atoms with Gasteiger partial charge in [0.25, 0.3) is 0 Å². The van der Waals surface area contributed by atoms with Gasteiger partial charge in [-0.2, -0.15) is 0 Å². The summed E-state index contributed by atoms with van der Waals surface area (Å²) in [5.74, 6) is 1.43. The van der Waals surface area contributed by atoms with Crippen LogP contribution in [0.2, 0.25) is 0 Å².